The van der Waals surface area contributed by atoms with Crippen LogP contribution in [0.4, 0.5) is 38.0 Å². The van der Waals surface area contributed by atoms with Crippen molar-refractivity contribution >= 4 is 17.5 Å². The van der Waals surface area contributed by atoms with E-state index in [9.17, 15) is 41.0 Å². The van der Waals surface area contributed by atoms with E-state index in [4.69, 9.17) is 4.74 Å². The van der Waals surface area contributed by atoms with Gasteiger partial charge < -0.3 is 25.0 Å². The van der Waals surface area contributed by atoms with Crippen molar-refractivity contribution in [3.63, 3.8) is 0 Å². The number of β-amino-alcohol motifs (C(OH)–C–C–N with tert-alkyl or cyclic N) is 1. The molecular weight excluding hydrogens is 540 g/mol. The maximum Gasteiger partial charge on any atom is 0.423 e. The number of nitrogens with one attached hydrogen (secondary N) is 2. The maximum absolute atomic E-state index is 13.2. The van der Waals surface area contributed by atoms with E-state index in [2.05, 4.69) is 20.4 Å². The average Bonchev–Trinajstić information content (AvgIpc) is 3.21. The number of aliphatic hydroxyl groups excluding tert-OH is 1. The Kier molecular flexibility index (Phi) is 8.02. The van der Waals surface area contributed by atoms with E-state index in [1.54, 1.807) is 5.10 Å². The lowest BCUT2D eigenvalue weighted by Crippen LogP contribution is -2.55. The molecule has 0 bridgehead atoms. The van der Waals surface area contributed by atoms with Gasteiger partial charge in [0.2, 0.25) is 5.95 Å². The molecule has 4 heterocycles. The van der Waals surface area contributed by atoms with Gasteiger partial charge in [-0.25, -0.2) is 15.1 Å². The molecule has 2 aromatic heterocycles. The Morgan fingerprint density at radius 2 is 1.79 bits per heavy atom. The number of amides is 1. The average molecular weight is 565 g/mol. The molecule has 4 rings (SSSR count). The number of hydrogen-bond donors (Lipinski definition) is 3. The Balaban J connectivity index is 1.30. The number of ether oxygens (including phenoxy) is 1. The van der Waals surface area contributed by atoms with E-state index in [1.807, 2.05) is 0 Å². The van der Waals surface area contributed by atoms with Gasteiger partial charge in [0.05, 0.1) is 36.2 Å². The summed E-state index contributed by atoms with van der Waals surface area (Å²) in [5.74, 6) is -0.362. The van der Waals surface area contributed by atoms with Crippen molar-refractivity contribution in [3.05, 3.63) is 40.1 Å². The molecule has 0 radical (unpaired) electrons. The first kappa shape index (κ1) is 28.5. The third-order valence-electron chi connectivity index (χ3n) is 6.47. The fraction of sp³-hybridized carbons (Fsp3) is 0.591. The number of carbonyl (C=O) groups is 1. The highest BCUT2D eigenvalue weighted by Gasteiger charge is 2.42. The van der Waals surface area contributed by atoms with Crippen LogP contribution in [0.25, 0.3) is 0 Å². The molecule has 2 aliphatic heterocycles. The van der Waals surface area contributed by atoms with Crippen molar-refractivity contribution in [2.24, 2.45) is 0 Å². The number of aromatic nitrogens is 4. The van der Waals surface area contributed by atoms with Crippen molar-refractivity contribution < 1.29 is 41.0 Å². The minimum Gasteiger partial charge on any atom is -0.389 e. The number of anilines is 2. The third-order valence-corrected chi connectivity index (χ3v) is 6.47. The van der Waals surface area contributed by atoms with Crippen molar-refractivity contribution in [2.45, 2.75) is 56.4 Å². The van der Waals surface area contributed by atoms with Gasteiger partial charge in [-0.3, -0.25) is 9.59 Å². The molecule has 0 aliphatic carbocycles. The molecule has 17 heteroatoms. The predicted molar refractivity (Wildman–Crippen MR) is 123 cm³/mol. The molecule has 0 aromatic carbocycles. The Hall–Kier alpha value is -3.47. The smallest absolute Gasteiger partial charge is 0.389 e. The lowest BCUT2D eigenvalue weighted by Gasteiger charge is -2.40. The normalized spacial score (nSPS) is 23.3. The zero-order valence-electron chi connectivity index (χ0n) is 20.5. The highest BCUT2D eigenvalue weighted by atomic mass is 19.4. The van der Waals surface area contributed by atoms with E-state index in [1.165, 1.54) is 16.7 Å². The molecule has 2 saturated heterocycles. The van der Waals surface area contributed by atoms with E-state index in [0.29, 0.717) is 25.2 Å². The van der Waals surface area contributed by atoms with E-state index in [0.717, 1.165) is 6.20 Å². The highest BCUT2D eigenvalue weighted by molar-refractivity contribution is 5.83. The summed E-state index contributed by atoms with van der Waals surface area (Å²) in [5, 5.41) is 18.4. The molecule has 2 fully saturated rings. The maximum atomic E-state index is 13.2. The number of carbonyl (C=O) groups excluding carboxylic acids is 1. The summed E-state index contributed by atoms with van der Waals surface area (Å²) >= 11 is 0. The van der Waals surface area contributed by atoms with Crippen molar-refractivity contribution in [1.82, 2.24) is 25.1 Å². The van der Waals surface area contributed by atoms with Crippen LogP contribution >= 0.6 is 0 Å². The topological polar surface area (TPSA) is 137 Å². The molecule has 0 spiro atoms. The first-order valence-corrected chi connectivity index (χ1v) is 11.9. The first-order chi connectivity index (χ1) is 18.3. The minimum absolute atomic E-state index is 0.00191. The van der Waals surface area contributed by atoms with Crippen LogP contribution in [0.3, 0.4) is 0 Å². The quantitative estimate of drug-likeness (QED) is 0.428. The number of H-pyrrole nitrogens is 1. The van der Waals surface area contributed by atoms with Crippen LogP contribution in [-0.4, -0.2) is 86.6 Å². The summed E-state index contributed by atoms with van der Waals surface area (Å²) in [7, 11) is 0. The lowest BCUT2D eigenvalue weighted by atomic mass is 10.0. The minimum atomic E-state index is -4.91. The summed E-state index contributed by atoms with van der Waals surface area (Å²) in [6.45, 7) is 1.93. The third kappa shape index (κ3) is 6.41. The number of piperidine rings is 1. The summed E-state index contributed by atoms with van der Waals surface area (Å²) in [6, 6.07) is -1.28. The van der Waals surface area contributed by atoms with Gasteiger partial charge in [0, 0.05) is 44.5 Å². The number of rotatable bonds is 7. The van der Waals surface area contributed by atoms with Crippen molar-refractivity contribution in [2.75, 3.05) is 36.5 Å². The number of aromatic amines is 1. The van der Waals surface area contributed by atoms with Gasteiger partial charge in [-0.15, -0.1) is 0 Å². The number of halogens is 6. The lowest BCUT2D eigenvalue weighted by molar-refractivity contribution is -0.141. The van der Waals surface area contributed by atoms with Gasteiger partial charge in [-0.2, -0.15) is 31.4 Å². The molecule has 39 heavy (non-hydrogen) atoms. The molecular formula is C22H25F6N7O4. The second-order valence-corrected chi connectivity index (χ2v) is 9.31. The van der Waals surface area contributed by atoms with Crippen molar-refractivity contribution in [3.8, 4) is 0 Å². The van der Waals surface area contributed by atoms with Gasteiger partial charge >= 0.3 is 12.4 Å². The van der Waals surface area contributed by atoms with Gasteiger partial charge in [0.15, 0.2) is 0 Å². The zero-order valence-corrected chi connectivity index (χ0v) is 20.5. The largest absolute Gasteiger partial charge is 0.423 e. The first-order valence-electron chi connectivity index (χ1n) is 11.9. The number of likely N-dealkylation sites (tertiary alicyclic amines) is 1. The summed E-state index contributed by atoms with van der Waals surface area (Å²) in [5.41, 5.74) is -4.32. The monoisotopic (exact) mass is 565 g/mol. The molecule has 3 N–H and O–H groups in total. The van der Waals surface area contributed by atoms with Gasteiger partial charge in [0.25, 0.3) is 11.5 Å². The van der Waals surface area contributed by atoms with Crippen LogP contribution in [-0.2, 0) is 21.9 Å². The Bertz CT molecular complexity index is 1220. The molecule has 11 nitrogen and oxygen atoms in total. The van der Waals surface area contributed by atoms with Crippen molar-refractivity contribution in [1.29, 1.82) is 0 Å². The SMILES string of the molecule is CC(COC1CCN([C@@H]2CCN(c3ncc(C(F)(F)F)cn3)C[C@H]2O)C1=O)Nc1cn[nH]c(=O)c1C(F)(F)F. The van der Waals surface area contributed by atoms with E-state index < -0.39 is 59.0 Å². The van der Waals surface area contributed by atoms with Gasteiger partial charge in [-0.1, -0.05) is 0 Å². The van der Waals surface area contributed by atoms with Crippen LogP contribution in [0.1, 0.15) is 30.9 Å². The Labute approximate surface area is 217 Å². The molecule has 2 unspecified atom stereocenters. The second-order valence-electron chi connectivity index (χ2n) is 9.31. The highest BCUT2D eigenvalue weighted by Crippen LogP contribution is 2.32. The number of aliphatic hydroxyl groups is 1. The molecule has 4 atom stereocenters. The molecule has 1 amide bonds. The zero-order chi connectivity index (χ0) is 28.5. The molecule has 2 aliphatic rings. The molecule has 0 saturated carbocycles. The molecule has 2 aromatic rings. The summed E-state index contributed by atoms with van der Waals surface area (Å²) in [4.78, 5) is 35.0. The van der Waals surface area contributed by atoms with Gasteiger partial charge in [0.1, 0.15) is 11.7 Å². The van der Waals surface area contributed by atoms with Crippen LogP contribution < -0.4 is 15.8 Å². The van der Waals surface area contributed by atoms with Crippen LogP contribution in [0, 0.1) is 0 Å². The number of alkyl halides is 6. The standard InChI is InChI=1S/C22H25F6N7O4/c1-11(32-13-8-31-33-18(37)17(13)22(26,27)28)10-39-16-3-5-35(19(16)38)14-2-4-34(9-15(14)36)20-29-6-12(7-30-20)21(23,24)25/h6-8,11,14-16,36H,2-5,9-10H2,1H3,(H2,32,33,37)/t11?,14-,15-,16?/m1/s1. The van der Waals surface area contributed by atoms with E-state index >= 15 is 0 Å². The Morgan fingerprint density at radius 3 is 2.41 bits per heavy atom. The fourth-order valence-electron chi connectivity index (χ4n) is 4.61. The summed E-state index contributed by atoms with van der Waals surface area (Å²) < 4.78 is 83.6. The molecule has 214 valence electrons. The second kappa shape index (κ2) is 11.0. The summed E-state index contributed by atoms with van der Waals surface area (Å²) in [6.07, 6.45) is -8.62. The van der Waals surface area contributed by atoms with Crippen LogP contribution in [0.5, 0.6) is 0 Å². The number of nitrogens with zero attached hydrogens (tertiary/aromatic N) is 5. The Morgan fingerprint density at radius 1 is 1.10 bits per heavy atom. The van der Waals surface area contributed by atoms with Crippen LogP contribution in [0.2, 0.25) is 0 Å². The fourth-order valence-corrected chi connectivity index (χ4v) is 4.61. The van der Waals surface area contributed by atoms with Gasteiger partial charge in [-0.05, 0) is 13.3 Å². The number of hydrogen-bond acceptors (Lipinski definition) is 9. The predicted octanol–water partition coefficient (Wildman–Crippen LogP) is 1.66. The van der Waals surface area contributed by atoms with Crippen LogP contribution in [0.15, 0.2) is 23.4 Å². The van der Waals surface area contributed by atoms with E-state index in [-0.39, 0.29) is 38.1 Å².